The van der Waals surface area contributed by atoms with Crippen molar-refractivity contribution in [3.63, 3.8) is 0 Å². The van der Waals surface area contributed by atoms with Gasteiger partial charge in [0.05, 0.1) is 17.4 Å². The summed E-state index contributed by atoms with van der Waals surface area (Å²) in [5.74, 6) is -1.27. The summed E-state index contributed by atoms with van der Waals surface area (Å²) in [4.78, 5) is 34.3. The smallest absolute Gasteiger partial charge is 0.266 e. The number of hydrogen-bond acceptors (Lipinski definition) is 4. The second-order valence-corrected chi connectivity index (χ2v) is 8.44. The molecule has 0 N–H and O–H groups in total. The van der Waals surface area contributed by atoms with Crippen molar-refractivity contribution < 1.29 is 14.4 Å². The summed E-state index contributed by atoms with van der Waals surface area (Å²) in [6, 6.07) is 22.0. The highest BCUT2D eigenvalue weighted by atomic mass is 35.5. The molecule has 2 aliphatic rings. The van der Waals surface area contributed by atoms with Gasteiger partial charge >= 0.3 is 0 Å². The van der Waals surface area contributed by atoms with Crippen LogP contribution in [0, 0.1) is 19.8 Å². The minimum atomic E-state index is -0.880. The van der Waals surface area contributed by atoms with Gasteiger partial charge in [0.25, 0.3) is 5.91 Å². The van der Waals surface area contributed by atoms with Crippen LogP contribution in [-0.2, 0) is 14.4 Å². The van der Waals surface area contributed by atoms with E-state index in [1.807, 2.05) is 56.3 Å². The van der Waals surface area contributed by atoms with Crippen molar-refractivity contribution in [3.8, 4) is 0 Å². The Hall–Kier alpha value is -3.15. The molecule has 2 heterocycles. The number of nitrogens with zero attached hydrogens (tertiary/aromatic N) is 2. The van der Waals surface area contributed by atoms with Gasteiger partial charge in [0.2, 0.25) is 5.91 Å². The van der Waals surface area contributed by atoms with E-state index in [1.54, 1.807) is 29.3 Å². The lowest BCUT2D eigenvalue weighted by molar-refractivity contribution is -0.126. The first-order valence-electron chi connectivity index (χ1n) is 10.2. The molecule has 0 spiro atoms. The van der Waals surface area contributed by atoms with Gasteiger partial charge in [0.15, 0.2) is 6.10 Å². The third kappa shape index (κ3) is 3.21. The fraction of sp³-hybridized carbons (Fsp3) is 0.200. The average molecular weight is 433 g/mol. The van der Waals surface area contributed by atoms with Crippen molar-refractivity contribution in [1.82, 2.24) is 0 Å². The van der Waals surface area contributed by atoms with Crippen LogP contribution in [0.25, 0.3) is 0 Å². The number of amides is 2. The number of carbonyl (C=O) groups is 2. The van der Waals surface area contributed by atoms with E-state index in [0.29, 0.717) is 10.7 Å². The number of hydroxylamine groups is 1. The minimum Gasteiger partial charge on any atom is -0.273 e. The highest BCUT2D eigenvalue weighted by Crippen LogP contribution is 2.48. The molecule has 2 amide bonds. The van der Waals surface area contributed by atoms with Gasteiger partial charge < -0.3 is 0 Å². The summed E-state index contributed by atoms with van der Waals surface area (Å²) in [6.45, 7) is 4.06. The van der Waals surface area contributed by atoms with Crippen molar-refractivity contribution in [3.05, 3.63) is 94.5 Å². The molecular weight excluding hydrogens is 412 g/mol. The van der Waals surface area contributed by atoms with Crippen LogP contribution < -0.4 is 9.96 Å². The Labute approximate surface area is 185 Å². The molecule has 0 bridgehead atoms. The second-order valence-electron chi connectivity index (χ2n) is 8.01. The number of fused-ring (bicyclic) bond motifs is 1. The summed E-state index contributed by atoms with van der Waals surface area (Å²) in [5.41, 5.74) is 4.48. The van der Waals surface area contributed by atoms with Gasteiger partial charge in [-0.05, 0) is 61.4 Å². The number of para-hydroxylation sites is 1. The number of halogens is 1. The summed E-state index contributed by atoms with van der Waals surface area (Å²) in [5, 5.41) is 2.27. The van der Waals surface area contributed by atoms with Crippen LogP contribution in [-0.4, -0.2) is 17.9 Å². The maximum atomic E-state index is 13.6. The predicted octanol–water partition coefficient (Wildman–Crippen LogP) is 5.01. The summed E-state index contributed by atoms with van der Waals surface area (Å²) in [7, 11) is 0. The van der Waals surface area contributed by atoms with Gasteiger partial charge in [-0.2, -0.15) is 0 Å². The fourth-order valence-corrected chi connectivity index (χ4v) is 4.66. The van der Waals surface area contributed by atoms with Crippen LogP contribution in [0.5, 0.6) is 0 Å². The maximum absolute atomic E-state index is 13.6. The molecule has 156 valence electrons. The SMILES string of the molecule is Cc1ccc([C@@H]2[C@H]3C(=O)N(c4ccc(Cl)cc4)C(=O)[C@H]3ON2c2ccccc2)c(C)c1. The van der Waals surface area contributed by atoms with Crippen molar-refractivity contribution in [2.45, 2.75) is 26.0 Å². The molecule has 2 saturated heterocycles. The van der Waals surface area contributed by atoms with Gasteiger partial charge in [0.1, 0.15) is 5.92 Å². The molecule has 2 fully saturated rings. The molecule has 5 nitrogen and oxygen atoms in total. The molecule has 2 aliphatic heterocycles. The summed E-state index contributed by atoms with van der Waals surface area (Å²) < 4.78 is 0. The second kappa shape index (κ2) is 7.52. The van der Waals surface area contributed by atoms with E-state index in [1.165, 1.54) is 4.90 Å². The highest BCUT2D eigenvalue weighted by Gasteiger charge is 2.60. The van der Waals surface area contributed by atoms with Gasteiger partial charge in [-0.25, -0.2) is 9.96 Å². The molecule has 3 aromatic rings. The van der Waals surface area contributed by atoms with Crippen LogP contribution in [0.2, 0.25) is 5.02 Å². The van der Waals surface area contributed by atoms with E-state index in [-0.39, 0.29) is 11.8 Å². The highest BCUT2D eigenvalue weighted by molar-refractivity contribution is 6.31. The molecule has 5 rings (SSSR count). The number of carbonyl (C=O) groups excluding carboxylic acids is 2. The van der Waals surface area contributed by atoms with E-state index >= 15 is 0 Å². The van der Waals surface area contributed by atoms with Crippen LogP contribution in [0.15, 0.2) is 72.8 Å². The lowest BCUT2D eigenvalue weighted by Gasteiger charge is -2.29. The molecule has 0 aliphatic carbocycles. The number of aryl methyl sites for hydroxylation is 2. The first kappa shape index (κ1) is 19.8. The van der Waals surface area contributed by atoms with Gasteiger partial charge in [-0.3, -0.25) is 14.4 Å². The van der Waals surface area contributed by atoms with E-state index in [2.05, 4.69) is 6.07 Å². The fourth-order valence-electron chi connectivity index (χ4n) is 4.53. The lowest BCUT2D eigenvalue weighted by atomic mass is 9.87. The zero-order valence-electron chi connectivity index (χ0n) is 17.2. The zero-order valence-corrected chi connectivity index (χ0v) is 17.9. The summed E-state index contributed by atoms with van der Waals surface area (Å²) in [6.07, 6.45) is -0.880. The molecule has 0 saturated carbocycles. The molecule has 31 heavy (non-hydrogen) atoms. The number of hydrogen-bond donors (Lipinski definition) is 0. The standard InChI is InChI=1S/C25H21ClN2O3/c1-15-8-13-20(16(2)14-15)22-21-23(31-28(22)19-6-4-3-5-7-19)25(30)27(24(21)29)18-11-9-17(26)10-12-18/h3-14,21-23H,1-2H3/t21-,22-,23+/m1/s1. The molecule has 0 radical (unpaired) electrons. The quantitative estimate of drug-likeness (QED) is 0.546. The van der Waals surface area contributed by atoms with Crippen molar-refractivity contribution >= 4 is 34.8 Å². The number of imide groups is 1. The van der Waals surface area contributed by atoms with E-state index in [4.69, 9.17) is 16.4 Å². The normalized spacial score (nSPS) is 22.9. The molecule has 0 aromatic heterocycles. The molecule has 0 unspecified atom stereocenters. The van der Waals surface area contributed by atoms with Gasteiger partial charge in [-0.15, -0.1) is 0 Å². The Morgan fingerprint density at radius 2 is 1.55 bits per heavy atom. The predicted molar refractivity (Wildman–Crippen MR) is 120 cm³/mol. The largest absolute Gasteiger partial charge is 0.273 e. The molecular formula is C25H21ClN2O3. The Morgan fingerprint density at radius 1 is 0.839 bits per heavy atom. The van der Waals surface area contributed by atoms with Crippen LogP contribution >= 0.6 is 11.6 Å². The third-order valence-electron chi connectivity index (χ3n) is 5.95. The first-order valence-corrected chi connectivity index (χ1v) is 10.5. The topological polar surface area (TPSA) is 49.9 Å². The van der Waals surface area contributed by atoms with Crippen LogP contribution in [0.3, 0.4) is 0 Å². The number of benzene rings is 3. The minimum absolute atomic E-state index is 0.263. The van der Waals surface area contributed by atoms with Crippen LogP contribution in [0.4, 0.5) is 11.4 Å². The van der Waals surface area contributed by atoms with E-state index < -0.39 is 18.1 Å². The number of rotatable bonds is 3. The van der Waals surface area contributed by atoms with E-state index in [9.17, 15) is 9.59 Å². The monoisotopic (exact) mass is 432 g/mol. The van der Waals surface area contributed by atoms with Gasteiger partial charge in [0, 0.05) is 5.02 Å². The van der Waals surface area contributed by atoms with Crippen LogP contribution in [0.1, 0.15) is 22.7 Å². The Morgan fingerprint density at radius 3 is 2.23 bits per heavy atom. The summed E-state index contributed by atoms with van der Waals surface area (Å²) >= 11 is 5.99. The average Bonchev–Trinajstić information content (AvgIpc) is 3.26. The van der Waals surface area contributed by atoms with Crippen molar-refractivity contribution in [1.29, 1.82) is 0 Å². The van der Waals surface area contributed by atoms with E-state index in [0.717, 1.165) is 22.4 Å². The Balaban J connectivity index is 1.61. The number of anilines is 2. The Bertz CT molecular complexity index is 1160. The van der Waals surface area contributed by atoms with Gasteiger partial charge in [-0.1, -0.05) is 53.6 Å². The lowest BCUT2D eigenvalue weighted by Crippen LogP contribution is -2.37. The molecule has 3 atom stereocenters. The van der Waals surface area contributed by atoms with Crippen molar-refractivity contribution in [2.75, 3.05) is 9.96 Å². The first-order chi connectivity index (χ1) is 15.0. The Kier molecular flexibility index (Phi) is 4.80. The van der Waals surface area contributed by atoms with Crippen molar-refractivity contribution in [2.24, 2.45) is 5.92 Å². The zero-order chi connectivity index (χ0) is 21.7. The molecule has 3 aromatic carbocycles. The maximum Gasteiger partial charge on any atom is 0.266 e. The third-order valence-corrected chi connectivity index (χ3v) is 6.21. The molecule has 6 heteroatoms.